The van der Waals surface area contributed by atoms with Crippen molar-refractivity contribution >= 4 is 21.5 Å². The minimum absolute atomic E-state index is 0.175. The molecule has 4 aromatic rings. The molecule has 40 heavy (non-hydrogen) atoms. The summed E-state index contributed by atoms with van der Waals surface area (Å²) >= 11 is 0. The maximum atomic E-state index is 11.5. The lowest BCUT2D eigenvalue weighted by molar-refractivity contribution is -0.626. The molecule has 3 aliphatic rings. The van der Waals surface area contributed by atoms with Crippen LogP contribution < -0.4 is 4.74 Å². The summed E-state index contributed by atoms with van der Waals surface area (Å²) < 4.78 is 19.1. The van der Waals surface area contributed by atoms with Gasteiger partial charge in [-0.05, 0) is 33.7 Å². The van der Waals surface area contributed by atoms with Gasteiger partial charge in [-0.1, -0.05) is 83.1 Å². The van der Waals surface area contributed by atoms with E-state index in [-0.39, 0.29) is 16.6 Å². The second-order valence-corrected chi connectivity index (χ2v) is 13.5. The monoisotopic (exact) mass is 540 g/mol. The Labute approximate surface area is 234 Å². The molecule has 1 N–H and O–H groups in total. The van der Waals surface area contributed by atoms with Crippen LogP contribution in [-0.2, 0) is 31.6 Å². The van der Waals surface area contributed by atoms with E-state index in [1.807, 2.05) is 44.2 Å². The van der Waals surface area contributed by atoms with Gasteiger partial charge in [0.25, 0.3) is 5.79 Å². The predicted molar refractivity (Wildman–Crippen MR) is 154 cm³/mol. The van der Waals surface area contributed by atoms with Crippen molar-refractivity contribution in [2.24, 2.45) is 10.8 Å². The van der Waals surface area contributed by atoms with Gasteiger partial charge in [-0.2, -0.15) is 4.89 Å². The van der Waals surface area contributed by atoms with Crippen LogP contribution in [0.2, 0.25) is 0 Å². The van der Waals surface area contributed by atoms with Crippen LogP contribution in [0.5, 0.6) is 11.5 Å². The molecule has 0 radical (unpaired) electrons. The zero-order valence-electron chi connectivity index (χ0n) is 24.2. The highest BCUT2D eigenvalue weighted by Gasteiger charge is 2.81. The largest absolute Gasteiger partial charge is 0.507 e. The van der Waals surface area contributed by atoms with Crippen molar-refractivity contribution in [3.63, 3.8) is 0 Å². The zero-order chi connectivity index (χ0) is 28.3. The van der Waals surface area contributed by atoms with E-state index in [2.05, 4.69) is 58.9 Å². The minimum atomic E-state index is -1.09. The lowest BCUT2D eigenvalue weighted by atomic mass is 9.57. The summed E-state index contributed by atoms with van der Waals surface area (Å²) in [5.41, 5.74) is 2.07. The fourth-order valence-corrected chi connectivity index (χ4v) is 7.50. The van der Waals surface area contributed by atoms with E-state index in [9.17, 15) is 5.11 Å². The maximum Gasteiger partial charge on any atom is 0.262 e. The molecule has 0 aromatic heterocycles. The molecule has 3 aliphatic heterocycles. The summed E-state index contributed by atoms with van der Waals surface area (Å²) in [6, 6.07) is 20.1. The molecule has 6 heteroatoms. The van der Waals surface area contributed by atoms with E-state index in [4.69, 9.17) is 24.0 Å². The lowest BCUT2D eigenvalue weighted by Crippen LogP contribution is -2.73. The Morgan fingerprint density at radius 1 is 0.775 bits per heavy atom. The minimum Gasteiger partial charge on any atom is -0.507 e. The Kier molecular flexibility index (Phi) is 5.14. The van der Waals surface area contributed by atoms with Gasteiger partial charge in [0.15, 0.2) is 5.60 Å². The molecule has 2 saturated heterocycles. The first-order valence-electron chi connectivity index (χ1n) is 14.0. The predicted octanol–water partition coefficient (Wildman–Crippen LogP) is 7.97. The molecule has 0 amide bonds. The quantitative estimate of drug-likeness (QED) is 0.260. The Bertz CT molecular complexity index is 1700. The van der Waals surface area contributed by atoms with E-state index in [0.29, 0.717) is 18.8 Å². The molecule has 7 rings (SSSR count). The molecule has 3 heterocycles. The molecule has 0 unspecified atom stereocenters. The molecule has 6 nitrogen and oxygen atoms in total. The van der Waals surface area contributed by atoms with Gasteiger partial charge >= 0.3 is 0 Å². The Morgan fingerprint density at radius 3 is 2.25 bits per heavy atom. The normalized spacial score (nSPS) is 26.7. The van der Waals surface area contributed by atoms with Crippen LogP contribution in [0.25, 0.3) is 32.7 Å². The number of aromatic hydroxyl groups is 1. The van der Waals surface area contributed by atoms with Crippen LogP contribution in [0.15, 0.2) is 60.7 Å². The first-order chi connectivity index (χ1) is 18.8. The molecule has 0 saturated carbocycles. The van der Waals surface area contributed by atoms with E-state index >= 15 is 0 Å². The smallest absolute Gasteiger partial charge is 0.262 e. The first-order valence-corrected chi connectivity index (χ1v) is 14.0. The van der Waals surface area contributed by atoms with Crippen molar-refractivity contribution in [2.75, 3.05) is 6.61 Å². The van der Waals surface area contributed by atoms with Crippen LogP contribution in [0.1, 0.15) is 59.6 Å². The zero-order valence-corrected chi connectivity index (χ0v) is 24.2. The fourth-order valence-electron chi connectivity index (χ4n) is 7.50. The summed E-state index contributed by atoms with van der Waals surface area (Å²) in [7, 11) is 0. The molecule has 4 aromatic carbocycles. The number of fused-ring (bicyclic) bond motifs is 4. The van der Waals surface area contributed by atoms with Crippen molar-refractivity contribution in [3.8, 4) is 22.6 Å². The van der Waals surface area contributed by atoms with Gasteiger partial charge in [-0.15, -0.1) is 0 Å². The molecular weight excluding hydrogens is 504 g/mol. The third-order valence-corrected chi connectivity index (χ3v) is 9.04. The average Bonchev–Trinajstić information content (AvgIpc) is 3.03. The first kappa shape index (κ1) is 25.8. The van der Waals surface area contributed by atoms with Gasteiger partial charge in [0.1, 0.15) is 11.5 Å². The molecule has 208 valence electrons. The van der Waals surface area contributed by atoms with Crippen molar-refractivity contribution < 1.29 is 29.1 Å². The van der Waals surface area contributed by atoms with Gasteiger partial charge < -0.3 is 19.3 Å². The van der Waals surface area contributed by atoms with Crippen LogP contribution in [0.3, 0.4) is 0 Å². The number of benzene rings is 4. The number of hydrogen-bond donors (Lipinski definition) is 1. The summed E-state index contributed by atoms with van der Waals surface area (Å²) in [6.07, 6.45) is 0. The summed E-state index contributed by atoms with van der Waals surface area (Å²) in [5, 5.41) is 15.4. The topological polar surface area (TPSA) is 66.4 Å². The summed E-state index contributed by atoms with van der Waals surface area (Å²) in [5.74, 6) is -0.991. The fraction of sp³-hybridized carbons (Fsp3) is 0.412. The Balaban J connectivity index is 1.55. The SMILES string of the molecule is CC1(C)OCc2cc3ccccc3c(-c3c(O)ccc4c([C@@]56OCC(C)(C)[C@]5(C(C)(C)C)OO6)cccc34)c2O1. The van der Waals surface area contributed by atoms with Crippen molar-refractivity contribution in [1.82, 2.24) is 0 Å². The van der Waals surface area contributed by atoms with Crippen LogP contribution >= 0.6 is 0 Å². The van der Waals surface area contributed by atoms with Crippen molar-refractivity contribution in [2.45, 2.75) is 72.2 Å². The van der Waals surface area contributed by atoms with Gasteiger partial charge in [0.2, 0.25) is 5.79 Å². The average molecular weight is 541 g/mol. The second-order valence-electron chi connectivity index (χ2n) is 13.5. The number of phenols is 1. The van der Waals surface area contributed by atoms with Crippen molar-refractivity contribution in [1.29, 1.82) is 0 Å². The Morgan fingerprint density at radius 2 is 1.52 bits per heavy atom. The summed E-state index contributed by atoms with van der Waals surface area (Å²) in [4.78, 5) is 12.2. The van der Waals surface area contributed by atoms with Crippen LogP contribution in [0, 0.1) is 10.8 Å². The molecule has 0 spiro atoms. The number of rotatable bonds is 2. The highest BCUT2D eigenvalue weighted by Crippen LogP contribution is 2.69. The Hall–Kier alpha value is -3.16. The van der Waals surface area contributed by atoms with Crippen molar-refractivity contribution in [3.05, 3.63) is 71.8 Å². The maximum absolute atomic E-state index is 11.5. The van der Waals surface area contributed by atoms with E-state index in [0.717, 1.165) is 44.0 Å². The second kappa shape index (κ2) is 7.98. The standard InChI is InChI=1S/C34H36O6/c1-30(2,3)34-31(4,5)19-37-33(34,39-40-34)25-14-10-13-24-23(25)15-16-26(35)27(24)28-22-12-9-8-11-20(22)17-21-18-36-32(6,7)38-29(21)28/h8-17,35H,18-19H2,1-7H3/t33-,34-/m0/s1. The highest BCUT2D eigenvalue weighted by molar-refractivity contribution is 6.11. The third-order valence-electron chi connectivity index (χ3n) is 9.04. The van der Waals surface area contributed by atoms with Gasteiger partial charge in [0, 0.05) is 46.9 Å². The summed E-state index contributed by atoms with van der Waals surface area (Å²) in [6.45, 7) is 15.6. The third kappa shape index (κ3) is 3.13. The van der Waals surface area contributed by atoms with E-state index < -0.39 is 17.2 Å². The molecule has 0 aliphatic carbocycles. The van der Waals surface area contributed by atoms with Gasteiger partial charge in [0.05, 0.1) is 13.2 Å². The van der Waals surface area contributed by atoms with Gasteiger partial charge in [-0.25, -0.2) is 4.89 Å². The number of phenolic OH excluding ortho intramolecular Hbond substituents is 1. The van der Waals surface area contributed by atoms with Gasteiger partial charge in [-0.3, -0.25) is 0 Å². The molecular formula is C34H36O6. The van der Waals surface area contributed by atoms with Crippen LogP contribution in [0.4, 0.5) is 0 Å². The van der Waals surface area contributed by atoms with Crippen LogP contribution in [-0.4, -0.2) is 23.1 Å². The van der Waals surface area contributed by atoms with E-state index in [1.54, 1.807) is 6.07 Å². The number of ether oxygens (including phenoxy) is 3. The molecule has 2 fully saturated rings. The highest BCUT2D eigenvalue weighted by atomic mass is 17.3. The number of hydrogen-bond acceptors (Lipinski definition) is 6. The molecule has 0 bridgehead atoms. The lowest BCUT2D eigenvalue weighted by Gasteiger charge is -2.61. The van der Waals surface area contributed by atoms with E-state index in [1.165, 1.54) is 0 Å². The molecule has 2 atom stereocenters.